The van der Waals surface area contributed by atoms with Gasteiger partial charge in [0, 0.05) is 31.4 Å². The molecule has 0 radical (unpaired) electrons. The molecular weight excluding hydrogens is 276 g/mol. The molecule has 1 heterocycles. The summed E-state index contributed by atoms with van der Waals surface area (Å²) in [6.45, 7) is 10.6. The van der Waals surface area contributed by atoms with Crippen molar-refractivity contribution in [3.05, 3.63) is 51.7 Å². The largest absolute Gasteiger partial charge is 0.370 e. The zero-order chi connectivity index (χ0) is 15.5. The van der Waals surface area contributed by atoms with Gasteiger partial charge in [0.15, 0.2) is 0 Å². The molecule has 3 heteroatoms. The molecule has 0 spiro atoms. The first-order valence-electron chi connectivity index (χ1n) is 7.42. The molecule has 2 rings (SSSR count). The van der Waals surface area contributed by atoms with E-state index in [-0.39, 0.29) is 5.54 Å². The molecular formula is C18H26N2S. The van der Waals surface area contributed by atoms with E-state index in [1.807, 2.05) is 0 Å². The van der Waals surface area contributed by atoms with Gasteiger partial charge in [-0.15, -0.1) is 0 Å². The van der Waals surface area contributed by atoms with Crippen molar-refractivity contribution in [2.45, 2.75) is 46.3 Å². The molecule has 1 aromatic carbocycles. The third-order valence-electron chi connectivity index (χ3n) is 3.46. The van der Waals surface area contributed by atoms with Crippen LogP contribution in [0.3, 0.4) is 0 Å². The van der Waals surface area contributed by atoms with Gasteiger partial charge in [-0.1, -0.05) is 17.7 Å². The van der Waals surface area contributed by atoms with Gasteiger partial charge in [0.05, 0.1) is 0 Å². The van der Waals surface area contributed by atoms with E-state index >= 15 is 0 Å². The number of hydrogen-bond acceptors (Lipinski definition) is 3. The van der Waals surface area contributed by atoms with Gasteiger partial charge in [-0.3, -0.25) is 0 Å². The summed E-state index contributed by atoms with van der Waals surface area (Å²) in [4.78, 5) is 2.33. The lowest BCUT2D eigenvalue weighted by Gasteiger charge is -2.26. The van der Waals surface area contributed by atoms with Gasteiger partial charge < -0.3 is 10.2 Å². The van der Waals surface area contributed by atoms with Crippen LogP contribution in [0.25, 0.3) is 0 Å². The number of nitrogens with one attached hydrogen (secondary N) is 1. The van der Waals surface area contributed by atoms with Crippen LogP contribution >= 0.6 is 11.3 Å². The van der Waals surface area contributed by atoms with Crippen LogP contribution in [0.4, 0.5) is 5.69 Å². The number of anilines is 1. The summed E-state index contributed by atoms with van der Waals surface area (Å²) in [6.07, 6.45) is 0. The minimum Gasteiger partial charge on any atom is -0.370 e. The molecule has 0 atom stereocenters. The minimum absolute atomic E-state index is 0.132. The normalized spacial score (nSPS) is 11.7. The molecule has 0 saturated carbocycles. The summed E-state index contributed by atoms with van der Waals surface area (Å²) in [6, 6.07) is 8.92. The molecule has 2 aromatic rings. The lowest BCUT2D eigenvalue weighted by Crippen LogP contribution is -2.35. The summed E-state index contributed by atoms with van der Waals surface area (Å²) in [5.74, 6) is 0. The maximum Gasteiger partial charge on any atom is 0.0434 e. The van der Waals surface area contributed by atoms with Gasteiger partial charge in [-0.25, -0.2) is 0 Å². The van der Waals surface area contributed by atoms with Crippen molar-refractivity contribution in [3.63, 3.8) is 0 Å². The maximum atomic E-state index is 3.59. The predicted molar refractivity (Wildman–Crippen MR) is 94.2 cm³/mol. The van der Waals surface area contributed by atoms with Crippen molar-refractivity contribution in [2.75, 3.05) is 11.9 Å². The van der Waals surface area contributed by atoms with E-state index in [1.54, 1.807) is 11.3 Å². The number of aryl methyl sites for hydroxylation is 1. The van der Waals surface area contributed by atoms with E-state index in [9.17, 15) is 0 Å². The molecule has 114 valence electrons. The molecule has 0 bridgehead atoms. The zero-order valence-corrected chi connectivity index (χ0v) is 14.6. The second kappa shape index (κ2) is 6.63. The SMILES string of the molecule is Cc1ccc(N(C)Cc2ccsc2)c(CNC(C)(C)C)c1. The Labute approximate surface area is 132 Å². The summed E-state index contributed by atoms with van der Waals surface area (Å²) in [5.41, 5.74) is 5.49. The number of thiophene rings is 1. The Balaban J connectivity index is 2.17. The summed E-state index contributed by atoms with van der Waals surface area (Å²) >= 11 is 1.76. The van der Waals surface area contributed by atoms with Gasteiger partial charge in [0.25, 0.3) is 0 Å². The number of rotatable bonds is 5. The van der Waals surface area contributed by atoms with Crippen LogP contribution in [-0.4, -0.2) is 12.6 Å². The second-order valence-corrected chi connectivity index (χ2v) is 7.50. The fraction of sp³-hybridized carbons (Fsp3) is 0.444. The maximum absolute atomic E-state index is 3.59. The predicted octanol–water partition coefficient (Wildman–Crippen LogP) is 4.58. The molecule has 2 nitrogen and oxygen atoms in total. The molecule has 0 unspecified atom stereocenters. The second-order valence-electron chi connectivity index (χ2n) is 6.72. The smallest absolute Gasteiger partial charge is 0.0434 e. The molecule has 0 fully saturated rings. The van der Waals surface area contributed by atoms with Crippen molar-refractivity contribution in [2.24, 2.45) is 0 Å². The van der Waals surface area contributed by atoms with Crippen LogP contribution in [-0.2, 0) is 13.1 Å². The Morgan fingerprint density at radius 1 is 1.19 bits per heavy atom. The van der Waals surface area contributed by atoms with Gasteiger partial charge in [0.1, 0.15) is 0 Å². The highest BCUT2D eigenvalue weighted by molar-refractivity contribution is 7.07. The van der Waals surface area contributed by atoms with Crippen molar-refractivity contribution < 1.29 is 0 Å². The molecule has 1 N–H and O–H groups in total. The van der Waals surface area contributed by atoms with Crippen LogP contribution in [0, 0.1) is 6.92 Å². The van der Waals surface area contributed by atoms with E-state index in [4.69, 9.17) is 0 Å². The van der Waals surface area contributed by atoms with Gasteiger partial charge in [0.2, 0.25) is 0 Å². The van der Waals surface area contributed by atoms with Gasteiger partial charge in [-0.05, 0) is 61.7 Å². The Morgan fingerprint density at radius 3 is 2.57 bits per heavy atom. The molecule has 21 heavy (non-hydrogen) atoms. The average Bonchev–Trinajstić information content (AvgIpc) is 2.88. The first kappa shape index (κ1) is 16.1. The van der Waals surface area contributed by atoms with Crippen LogP contribution in [0.1, 0.15) is 37.5 Å². The Hall–Kier alpha value is -1.32. The molecule has 0 aliphatic rings. The first-order valence-corrected chi connectivity index (χ1v) is 8.36. The summed E-state index contributed by atoms with van der Waals surface area (Å²) in [7, 11) is 2.17. The Kier molecular flexibility index (Phi) is 5.07. The van der Waals surface area contributed by atoms with Crippen LogP contribution in [0.5, 0.6) is 0 Å². The van der Waals surface area contributed by atoms with E-state index in [2.05, 4.69) is 80.0 Å². The zero-order valence-electron chi connectivity index (χ0n) is 13.7. The van der Waals surface area contributed by atoms with E-state index in [0.29, 0.717) is 0 Å². The fourth-order valence-corrected chi connectivity index (χ4v) is 2.99. The lowest BCUT2D eigenvalue weighted by molar-refractivity contribution is 0.424. The fourth-order valence-electron chi connectivity index (χ4n) is 2.33. The van der Waals surface area contributed by atoms with Crippen LogP contribution in [0.2, 0.25) is 0 Å². The van der Waals surface area contributed by atoms with Crippen molar-refractivity contribution in [1.82, 2.24) is 5.32 Å². The van der Waals surface area contributed by atoms with E-state index in [1.165, 1.54) is 22.4 Å². The third-order valence-corrected chi connectivity index (χ3v) is 4.19. The molecule has 0 amide bonds. The topological polar surface area (TPSA) is 15.3 Å². The van der Waals surface area contributed by atoms with Crippen LogP contribution < -0.4 is 10.2 Å². The molecule has 0 saturated heterocycles. The molecule has 0 aliphatic carbocycles. The highest BCUT2D eigenvalue weighted by Gasteiger charge is 2.13. The van der Waals surface area contributed by atoms with Crippen molar-refractivity contribution >= 4 is 17.0 Å². The third kappa shape index (κ3) is 4.87. The average molecular weight is 302 g/mol. The van der Waals surface area contributed by atoms with Crippen LogP contribution in [0.15, 0.2) is 35.0 Å². The number of benzene rings is 1. The van der Waals surface area contributed by atoms with Gasteiger partial charge >= 0.3 is 0 Å². The highest BCUT2D eigenvalue weighted by atomic mass is 32.1. The Morgan fingerprint density at radius 2 is 1.95 bits per heavy atom. The standard InChI is InChI=1S/C18H26N2S/c1-14-6-7-17(16(10-14)11-19-18(2,3)4)20(5)12-15-8-9-21-13-15/h6-10,13,19H,11-12H2,1-5H3. The number of nitrogens with zero attached hydrogens (tertiary/aromatic N) is 1. The number of hydrogen-bond donors (Lipinski definition) is 1. The molecule has 1 aromatic heterocycles. The quantitative estimate of drug-likeness (QED) is 0.869. The summed E-state index contributed by atoms with van der Waals surface area (Å²) in [5, 5.41) is 7.95. The van der Waals surface area contributed by atoms with E-state index < -0.39 is 0 Å². The van der Waals surface area contributed by atoms with Crippen molar-refractivity contribution in [1.29, 1.82) is 0 Å². The van der Waals surface area contributed by atoms with Crippen molar-refractivity contribution in [3.8, 4) is 0 Å². The van der Waals surface area contributed by atoms with E-state index in [0.717, 1.165) is 13.1 Å². The monoisotopic (exact) mass is 302 g/mol. The summed E-state index contributed by atoms with van der Waals surface area (Å²) < 4.78 is 0. The lowest BCUT2D eigenvalue weighted by atomic mass is 10.0. The van der Waals surface area contributed by atoms with Gasteiger partial charge in [-0.2, -0.15) is 11.3 Å². The first-order chi connectivity index (χ1) is 9.85. The molecule has 0 aliphatic heterocycles. The minimum atomic E-state index is 0.132. The Bertz CT molecular complexity index is 567. The highest BCUT2D eigenvalue weighted by Crippen LogP contribution is 2.23.